The summed E-state index contributed by atoms with van der Waals surface area (Å²) in [6.45, 7) is 3.59. The van der Waals surface area contributed by atoms with Gasteiger partial charge in [-0.1, -0.05) is 19.8 Å². The normalized spacial score (nSPS) is 15.3. The maximum atomic E-state index is 13.7. The SMILES string of the molecule is CCCNCc1cc(S(=O)(=O)NCCC2CC2)ccc1F. The third kappa shape index (κ3) is 5.05. The first-order chi connectivity index (χ1) is 10.0. The summed E-state index contributed by atoms with van der Waals surface area (Å²) in [5, 5.41) is 3.08. The number of hydrogen-bond donors (Lipinski definition) is 2. The Balaban J connectivity index is 2.01. The molecule has 0 amide bonds. The van der Waals surface area contributed by atoms with E-state index in [9.17, 15) is 12.8 Å². The van der Waals surface area contributed by atoms with Crippen molar-refractivity contribution in [3.63, 3.8) is 0 Å². The fraction of sp³-hybridized carbons (Fsp3) is 0.600. The van der Waals surface area contributed by atoms with E-state index in [1.165, 1.54) is 31.0 Å². The van der Waals surface area contributed by atoms with Gasteiger partial charge >= 0.3 is 0 Å². The first-order valence-electron chi connectivity index (χ1n) is 7.51. The topological polar surface area (TPSA) is 58.2 Å². The molecule has 21 heavy (non-hydrogen) atoms. The van der Waals surface area contributed by atoms with Gasteiger partial charge in [-0.3, -0.25) is 0 Å². The van der Waals surface area contributed by atoms with E-state index in [1.54, 1.807) is 0 Å². The van der Waals surface area contributed by atoms with Crippen molar-refractivity contribution in [3.05, 3.63) is 29.6 Å². The lowest BCUT2D eigenvalue weighted by molar-refractivity contribution is 0.570. The standard InChI is InChI=1S/C15H23FN2O2S/c1-2-8-17-11-13-10-14(5-6-15(13)16)21(19,20)18-9-7-12-3-4-12/h5-6,10,12,17-18H,2-4,7-9,11H2,1H3. The number of rotatable bonds is 9. The zero-order chi connectivity index (χ0) is 15.3. The smallest absolute Gasteiger partial charge is 0.240 e. The molecule has 0 unspecified atom stereocenters. The molecule has 6 heteroatoms. The molecule has 2 N–H and O–H groups in total. The molecule has 4 nitrogen and oxygen atoms in total. The van der Waals surface area contributed by atoms with Crippen LogP contribution in [0.3, 0.4) is 0 Å². The van der Waals surface area contributed by atoms with Crippen LogP contribution in [0.1, 0.15) is 38.2 Å². The number of benzene rings is 1. The van der Waals surface area contributed by atoms with Crippen LogP contribution in [0.25, 0.3) is 0 Å². The molecule has 1 aliphatic rings. The van der Waals surface area contributed by atoms with Crippen molar-refractivity contribution in [2.45, 2.75) is 44.0 Å². The van der Waals surface area contributed by atoms with Crippen LogP contribution >= 0.6 is 0 Å². The van der Waals surface area contributed by atoms with Crippen molar-refractivity contribution in [3.8, 4) is 0 Å². The summed E-state index contributed by atoms with van der Waals surface area (Å²) >= 11 is 0. The van der Waals surface area contributed by atoms with Crippen molar-refractivity contribution >= 4 is 10.0 Å². The Morgan fingerprint density at radius 1 is 1.29 bits per heavy atom. The highest BCUT2D eigenvalue weighted by Gasteiger charge is 2.22. The quantitative estimate of drug-likeness (QED) is 0.688. The molecule has 0 radical (unpaired) electrons. The fourth-order valence-electron chi connectivity index (χ4n) is 2.14. The van der Waals surface area contributed by atoms with Crippen molar-refractivity contribution in [2.24, 2.45) is 5.92 Å². The first-order valence-corrected chi connectivity index (χ1v) is 9.00. The second-order valence-corrected chi connectivity index (χ2v) is 7.33. The lowest BCUT2D eigenvalue weighted by Gasteiger charge is -2.10. The van der Waals surface area contributed by atoms with Gasteiger partial charge in [0.05, 0.1) is 4.90 Å². The van der Waals surface area contributed by atoms with E-state index < -0.39 is 10.0 Å². The molecule has 0 spiro atoms. The Labute approximate surface area is 126 Å². The van der Waals surface area contributed by atoms with Crippen LogP contribution in [-0.4, -0.2) is 21.5 Å². The zero-order valence-electron chi connectivity index (χ0n) is 12.4. The predicted molar refractivity (Wildman–Crippen MR) is 80.9 cm³/mol. The predicted octanol–water partition coefficient (Wildman–Crippen LogP) is 2.40. The summed E-state index contributed by atoms with van der Waals surface area (Å²) in [5.74, 6) is 0.297. The Morgan fingerprint density at radius 2 is 2.05 bits per heavy atom. The van der Waals surface area contributed by atoms with Crippen LogP contribution < -0.4 is 10.0 Å². The van der Waals surface area contributed by atoms with E-state index in [1.807, 2.05) is 6.92 Å². The van der Waals surface area contributed by atoms with E-state index in [0.717, 1.165) is 19.4 Å². The van der Waals surface area contributed by atoms with E-state index in [0.29, 0.717) is 24.6 Å². The lowest BCUT2D eigenvalue weighted by atomic mass is 10.2. The molecule has 1 fully saturated rings. The van der Waals surface area contributed by atoms with Gasteiger partial charge in [-0.25, -0.2) is 17.5 Å². The third-order valence-electron chi connectivity index (χ3n) is 3.61. The minimum Gasteiger partial charge on any atom is -0.313 e. The molecule has 1 saturated carbocycles. The number of sulfonamides is 1. The third-order valence-corrected chi connectivity index (χ3v) is 5.07. The summed E-state index contributed by atoms with van der Waals surface area (Å²) in [4.78, 5) is 0.132. The van der Waals surface area contributed by atoms with Crippen LogP contribution in [0.15, 0.2) is 23.1 Å². The van der Waals surface area contributed by atoms with Crippen molar-refractivity contribution < 1.29 is 12.8 Å². The maximum absolute atomic E-state index is 13.7. The summed E-state index contributed by atoms with van der Waals surface area (Å²) in [7, 11) is -3.54. The highest BCUT2D eigenvalue weighted by atomic mass is 32.2. The largest absolute Gasteiger partial charge is 0.313 e. The molecule has 1 aromatic carbocycles. The first kappa shape index (κ1) is 16.4. The van der Waals surface area contributed by atoms with Gasteiger partial charge in [-0.05, 0) is 43.5 Å². The summed E-state index contributed by atoms with van der Waals surface area (Å²) < 4.78 is 40.6. The number of halogens is 1. The summed E-state index contributed by atoms with van der Waals surface area (Å²) in [5.41, 5.74) is 0.383. The van der Waals surface area contributed by atoms with Gasteiger partial charge in [-0.2, -0.15) is 0 Å². The van der Waals surface area contributed by atoms with Crippen molar-refractivity contribution in [2.75, 3.05) is 13.1 Å². The van der Waals surface area contributed by atoms with Crippen LogP contribution in [-0.2, 0) is 16.6 Å². The Morgan fingerprint density at radius 3 is 2.71 bits per heavy atom. The maximum Gasteiger partial charge on any atom is 0.240 e. The van der Waals surface area contributed by atoms with E-state index in [4.69, 9.17) is 0 Å². The fourth-order valence-corrected chi connectivity index (χ4v) is 3.24. The average molecular weight is 314 g/mol. The molecule has 0 saturated heterocycles. The van der Waals surface area contributed by atoms with Gasteiger partial charge in [0.25, 0.3) is 0 Å². The monoisotopic (exact) mass is 314 g/mol. The van der Waals surface area contributed by atoms with Crippen LogP contribution in [0.5, 0.6) is 0 Å². The second kappa shape index (κ2) is 7.33. The van der Waals surface area contributed by atoms with Crippen LogP contribution in [0.2, 0.25) is 0 Å². The molecular formula is C15H23FN2O2S. The summed E-state index contributed by atoms with van der Waals surface area (Å²) in [6, 6.07) is 3.95. The molecule has 0 atom stereocenters. The Hall–Kier alpha value is -0.980. The highest BCUT2D eigenvalue weighted by Crippen LogP contribution is 2.31. The molecule has 1 aromatic rings. The Bertz CT molecular complexity index is 571. The van der Waals surface area contributed by atoms with Crippen molar-refractivity contribution in [1.29, 1.82) is 0 Å². The highest BCUT2D eigenvalue weighted by molar-refractivity contribution is 7.89. The molecule has 0 heterocycles. The molecule has 0 aromatic heterocycles. The van der Waals surface area contributed by atoms with Gasteiger partial charge in [0.1, 0.15) is 5.82 Å². The van der Waals surface area contributed by atoms with Gasteiger partial charge in [0, 0.05) is 18.7 Å². The zero-order valence-corrected chi connectivity index (χ0v) is 13.2. The molecule has 0 bridgehead atoms. The number of nitrogens with one attached hydrogen (secondary N) is 2. The van der Waals surface area contributed by atoms with Crippen LogP contribution in [0, 0.1) is 11.7 Å². The van der Waals surface area contributed by atoms with E-state index in [-0.39, 0.29) is 10.7 Å². The van der Waals surface area contributed by atoms with Gasteiger partial charge in [0.15, 0.2) is 0 Å². The molecule has 2 rings (SSSR count). The van der Waals surface area contributed by atoms with Crippen LogP contribution in [0.4, 0.5) is 4.39 Å². The van der Waals surface area contributed by atoms with E-state index in [2.05, 4.69) is 10.0 Å². The summed E-state index contributed by atoms with van der Waals surface area (Å²) in [6.07, 6.45) is 4.23. The second-order valence-electron chi connectivity index (χ2n) is 5.56. The molecule has 118 valence electrons. The number of hydrogen-bond acceptors (Lipinski definition) is 3. The van der Waals surface area contributed by atoms with Crippen molar-refractivity contribution in [1.82, 2.24) is 10.0 Å². The minimum atomic E-state index is -3.54. The minimum absolute atomic E-state index is 0.132. The van der Waals surface area contributed by atoms with E-state index >= 15 is 0 Å². The van der Waals surface area contributed by atoms with Gasteiger partial charge in [0.2, 0.25) is 10.0 Å². The molecular weight excluding hydrogens is 291 g/mol. The molecule has 0 aliphatic heterocycles. The lowest BCUT2D eigenvalue weighted by Crippen LogP contribution is -2.25. The van der Waals surface area contributed by atoms with Gasteiger partial charge < -0.3 is 5.32 Å². The van der Waals surface area contributed by atoms with Gasteiger partial charge in [-0.15, -0.1) is 0 Å². The average Bonchev–Trinajstić information content (AvgIpc) is 3.25. The Kier molecular flexibility index (Phi) is 5.72. The molecule has 1 aliphatic carbocycles.